The number of benzene rings is 2. The second-order valence-corrected chi connectivity index (χ2v) is 8.01. The van der Waals surface area contributed by atoms with Crippen LogP contribution in [0, 0.1) is 0 Å². The van der Waals surface area contributed by atoms with Crippen molar-refractivity contribution in [1.29, 1.82) is 0 Å². The number of ether oxygens (including phenoxy) is 1. The molecule has 5 nitrogen and oxygen atoms in total. The lowest BCUT2D eigenvalue weighted by Gasteiger charge is -2.07. The van der Waals surface area contributed by atoms with Gasteiger partial charge in [-0.3, -0.25) is 4.99 Å². The van der Waals surface area contributed by atoms with Gasteiger partial charge in [0.15, 0.2) is 0 Å². The number of methoxy groups -OCH3 is 1. The van der Waals surface area contributed by atoms with Crippen LogP contribution in [0.5, 0.6) is 5.75 Å². The summed E-state index contributed by atoms with van der Waals surface area (Å²) in [6.07, 6.45) is 3.52. The Bertz CT molecular complexity index is 1180. The summed E-state index contributed by atoms with van der Waals surface area (Å²) in [6, 6.07) is 12.7. The van der Waals surface area contributed by atoms with Crippen LogP contribution >= 0.6 is 34.5 Å². The Kier molecular flexibility index (Phi) is 5.32. The third-order valence-corrected chi connectivity index (χ3v) is 6.10. The summed E-state index contributed by atoms with van der Waals surface area (Å²) >= 11 is 13.3. The van der Waals surface area contributed by atoms with Gasteiger partial charge in [0.05, 0.1) is 27.7 Å². The van der Waals surface area contributed by atoms with Gasteiger partial charge in [-0.05, 0) is 30.3 Å². The summed E-state index contributed by atoms with van der Waals surface area (Å²) in [6.45, 7) is 0. The number of esters is 1. The van der Waals surface area contributed by atoms with Gasteiger partial charge in [-0.2, -0.15) is 0 Å². The molecule has 0 atom stereocenters. The molecule has 1 aliphatic rings. The summed E-state index contributed by atoms with van der Waals surface area (Å²) in [5, 5.41) is 15.1. The molecule has 4 rings (SSSR count). The van der Waals surface area contributed by atoms with Crippen molar-refractivity contribution in [3.05, 3.63) is 68.5 Å². The first kappa shape index (κ1) is 19.5. The number of fused-ring (bicyclic) bond motifs is 1. The molecule has 0 amide bonds. The number of carbonyl (C=O) groups excluding carboxylic acids is 1. The number of carbonyl (C=O) groups is 1. The van der Waals surface area contributed by atoms with Gasteiger partial charge < -0.3 is 15.2 Å². The quantitative estimate of drug-likeness (QED) is 0.447. The van der Waals surface area contributed by atoms with Crippen molar-refractivity contribution in [2.45, 2.75) is 0 Å². The van der Waals surface area contributed by atoms with Crippen LogP contribution in [0.3, 0.4) is 0 Å². The molecule has 8 heteroatoms. The molecular weight excluding hydrogens is 431 g/mol. The van der Waals surface area contributed by atoms with Gasteiger partial charge in [0, 0.05) is 23.0 Å². The maximum Gasteiger partial charge on any atom is 0.344 e. The maximum atomic E-state index is 12.3. The highest BCUT2D eigenvalue weighted by Crippen LogP contribution is 2.44. The van der Waals surface area contributed by atoms with Gasteiger partial charge in [-0.15, -0.1) is 11.3 Å². The van der Waals surface area contributed by atoms with E-state index in [-0.39, 0.29) is 11.3 Å². The molecular formula is C21H14Cl2N2O3S. The second kappa shape index (κ2) is 7.91. The number of thiophene rings is 1. The van der Waals surface area contributed by atoms with Crippen molar-refractivity contribution in [3.63, 3.8) is 0 Å². The lowest BCUT2D eigenvalue weighted by Crippen LogP contribution is -2.03. The maximum absolute atomic E-state index is 12.3. The molecule has 2 heterocycles. The summed E-state index contributed by atoms with van der Waals surface area (Å²) in [7, 11) is 1.26. The Labute approximate surface area is 180 Å². The van der Waals surface area contributed by atoms with Gasteiger partial charge in [0.1, 0.15) is 16.3 Å². The highest BCUT2D eigenvalue weighted by Gasteiger charge is 2.25. The first-order valence-electron chi connectivity index (χ1n) is 8.49. The zero-order valence-corrected chi connectivity index (χ0v) is 17.4. The standard InChI is InChI=1S/C21H14Cl2N2O3S/c1-28-21(27)18-19(26)17(8-11-10-24-16-5-3-2-4-13(11)16)29-20(18)25-12-6-7-14(22)15(23)9-12/h2-10,25-26H,1H3. The van der Waals surface area contributed by atoms with E-state index >= 15 is 0 Å². The molecule has 0 unspecified atom stereocenters. The van der Waals surface area contributed by atoms with Crippen LogP contribution in [-0.4, -0.2) is 24.4 Å². The van der Waals surface area contributed by atoms with E-state index in [4.69, 9.17) is 27.9 Å². The monoisotopic (exact) mass is 444 g/mol. The molecule has 0 radical (unpaired) electrons. The number of nitrogens with zero attached hydrogens (tertiary/aromatic N) is 1. The minimum absolute atomic E-state index is 0.0543. The van der Waals surface area contributed by atoms with Crippen molar-refractivity contribution in [3.8, 4) is 5.75 Å². The van der Waals surface area contributed by atoms with E-state index in [0.717, 1.165) is 16.8 Å². The van der Waals surface area contributed by atoms with E-state index in [0.29, 0.717) is 25.6 Å². The number of anilines is 2. The molecule has 0 bridgehead atoms. The first-order valence-corrected chi connectivity index (χ1v) is 10.1. The first-order chi connectivity index (χ1) is 14.0. The fraction of sp³-hybridized carbons (Fsp3) is 0.0476. The van der Waals surface area contributed by atoms with Crippen LogP contribution in [0.4, 0.5) is 16.4 Å². The molecule has 0 saturated carbocycles. The molecule has 29 heavy (non-hydrogen) atoms. The van der Waals surface area contributed by atoms with Crippen molar-refractivity contribution in [2.75, 3.05) is 12.4 Å². The number of hydrogen-bond acceptors (Lipinski definition) is 6. The predicted molar refractivity (Wildman–Crippen MR) is 120 cm³/mol. The predicted octanol–water partition coefficient (Wildman–Crippen LogP) is 6.55. The molecule has 1 aromatic heterocycles. The minimum Gasteiger partial charge on any atom is -0.505 e. The van der Waals surface area contributed by atoms with Crippen LogP contribution in [0.1, 0.15) is 20.8 Å². The van der Waals surface area contributed by atoms with Gasteiger partial charge >= 0.3 is 5.97 Å². The summed E-state index contributed by atoms with van der Waals surface area (Å²) in [5.41, 5.74) is 3.34. The Balaban J connectivity index is 1.77. The van der Waals surface area contributed by atoms with Crippen molar-refractivity contribution >= 4 is 74.7 Å². The molecule has 0 saturated heterocycles. The molecule has 146 valence electrons. The Hall–Kier alpha value is -2.80. The van der Waals surface area contributed by atoms with Crippen LogP contribution in [0.2, 0.25) is 10.0 Å². The summed E-state index contributed by atoms with van der Waals surface area (Å²) < 4.78 is 4.85. The van der Waals surface area contributed by atoms with E-state index < -0.39 is 5.97 Å². The lowest BCUT2D eigenvalue weighted by atomic mass is 10.1. The Morgan fingerprint density at radius 1 is 1.21 bits per heavy atom. The third-order valence-electron chi connectivity index (χ3n) is 4.32. The number of aromatic hydroxyl groups is 1. The Morgan fingerprint density at radius 3 is 2.76 bits per heavy atom. The number of halogens is 2. The zero-order chi connectivity index (χ0) is 20.5. The van der Waals surface area contributed by atoms with Gasteiger partial charge in [-0.25, -0.2) is 4.79 Å². The third kappa shape index (κ3) is 3.74. The van der Waals surface area contributed by atoms with E-state index in [1.165, 1.54) is 18.4 Å². The molecule has 3 aromatic rings. The van der Waals surface area contributed by atoms with E-state index in [9.17, 15) is 9.90 Å². The van der Waals surface area contributed by atoms with Crippen LogP contribution in [0.25, 0.3) is 11.6 Å². The molecule has 0 fully saturated rings. The highest BCUT2D eigenvalue weighted by atomic mass is 35.5. The fourth-order valence-corrected chi connectivity index (χ4v) is 4.27. The average molecular weight is 445 g/mol. The van der Waals surface area contributed by atoms with E-state index in [2.05, 4.69) is 10.3 Å². The number of allylic oxidation sites excluding steroid dienone is 1. The number of hydrogen-bond donors (Lipinski definition) is 2. The van der Waals surface area contributed by atoms with Crippen molar-refractivity contribution < 1.29 is 14.6 Å². The molecule has 2 N–H and O–H groups in total. The molecule has 0 aliphatic carbocycles. The SMILES string of the molecule is COC(=O)c1c(Nc2ccc(Cl)c(Cl)c2)sc(C=C2C=Nc3ccccc32)c1O. The number of nitrogens with one attached hydrogen (secondary N) is 1. The largest absolute Gasteiger partial charge is 0.505 e. The molecule has 0 spiro atoms. The normalized spacial score (nSPS) is 13.6. The number of para-hydroxylation sites is 1. The zero-order valence-electron chi connectivity index (χ0n) is 15.1. The molecule has 2 aromatic carbocycles. The van der Waals surface area contributed by atoms with Crippen LogP contribution in [-0.2, 0) is 4.74 Å². The number of aliphatic imine (C=N–C) groups is 1. The van der Waals surface area contributed by atoms with Gasteiger partial charge in [0.25, 0.3) is 0 Å². The second-order valence-electron chi connectivity index (χ2n) is 6.14. The molecule has 1 aliphatic heterocycles. The number of rotatable bonds is 4. The average Bonchev–Trinajstić information content (AvgIpc) is 3.26. The van der Waals surface area contributed by atoms with E-state index in [1.54, 1.807) is 30.5 Å². The highest BCUT2D eigenvalue weighted by molar-refractivity contribution is 7.18. The van der Waals surface area contributed by atoms with Crippen LogP contribution < -0.4 is 5.32 Å². The Morgan fingerprint density at radius 2 is 2.00 bits per heavy atom. The van der Waals surface area contributed by atoms with Crippen LogP contribution in [0.15, 0.2) is 47.5 Å². The van der Waals surface area contributed by atoms with E-state index in [1.807, 2.05) is 24.3 Å². The van der Waals surface area contributed by atoms with Gasteiger partial charge in [0.2, 0.25) is 0 Å². The van der Waals surface area contributed by atoms with Crippen molar-refractivity contribution in [2.24, 2.45) is 4.99 Å². The lowest BCUT2D eigenvalue weighted by molar-refractivity contribution is 0.0599. The van der Waals surface area contributed by atoms with Gasteiger partial charge in [-0.1, -0.05) is 41.4 Å². The van der Waals surface area contributed by atoms with Crippen molar-refractivity contribution in [1.82, 2.24) is 0 Å². The topological polar surface area (TPSA) is 70.9 Å². The summed E-state index contributed by atoms with van der Waals surface area (Å²) in [4.78, 5) is 17.2. The fourth-order valence-electron chi connectivity index (χ4n) is 2.92. The minimum atomic E-state index is -0.647. The summed E-state index contributed by atoms with van der Waals surface area (Å²) in [5.74, 6) is -0.804. The smallest absolute Gasteiger partial charge is 0.344 e.